The van der Waals surface area contributed by atoms with E-state index in [1.165, 1.54) is 0 Å². The van der Waals surface area contributed by atoms with Gasteiger partial charge in [0.25, 0.3) is 0 Å². The quantitative estimate of drug-likeness (QED) is 0.817. The Balaban J connectivity index is 1.80. The number of hydrogen-bond donors (Lipinski definition) is 1. The van der Waals surface area contributed by atoms with Crippen molar-refractivity contribution >= 4 is 32.9 Å². The molecule has 0 bridgehead atoms. The van der Waals surface area contributed by atoms with Gasteiger partial charge in [-0.15, -0.1) is 0 Å². The van der Waals surface area contributed by atoms with Crippen LogP contribution in [0.25, 0.3) is 0 Å². The van der Waals surface area contributed by atoms with Crippen LogP contribution in [0, 0.1) is 0 Å². The summed E-state index contributed by atoms with van der Waals surface area (Å²) in [6, 6.07) is 12.3. The molecule has 0 saturated carbocycles. The molecule has 3 unspecified atom stereocenters. The molecule has 3 heterocycles. The Morgan fingerprint density at radius 2 is 2.21 bits per heavy atom. The lowest BCUT2D eigenvalue weighted by Gasteiger charge is -2.32. The van der Waals surface area contributed by atoms with Crippen molar-refractivity contribution in [2.45, 2.75) is 31.5 Å². The highest BCUT2D eigenvalue weighted by atomic mass is 79.9. The van der Waals surface area contributed by atoms with Crippen LogP contribution in [-0.2, 0) is 0 Å². The molecule has 6 heteroatoms. The lowest BCUT2D eigenvalue weighted by atomic mass is 9.95. The number of aromatic nitrogens is 1. The summed E-state index contributed by atoms with van der Waals surface area (Å²) in [6.45, 7) is 2.23. The van der Waals surface area contributed by atoms with Crippen molar-refractivity contribution in [1.29, 1.82) is 0 Å². The average Bonchev–Trinajstić information content (AvgIpc) is 3.17. The first-order valence-electron chi connectivity index (χ1n) is 8.07. The zero-order valence-corrected chi connectivity index (χ0v) is 15.7. The Bertz CT molecular complexity index is 783. The van der Waals surface area contributed by atoms with E-state index in [0.717, 1.165) is 28.6 Å². The second-order valence-electron chi connectivity index (χ2n) is 6.05. The zero-order valence-electron chi connectivity index (χ0n) is 13.3. The summed E-state index contributed by atoms with van der Waals surface area (Å²) in [7, 11) is 0. The highest BCUT2D eigenvalue weighted by molar-refractivity contribution is 9.10. The number of phenolic OH excluding ortho intramolecular Hbond substituents is 1. The van der Waals surface area contributed by atoms with Gasteiger partial charge in [-0.1, -0.05) is 30.8 Å². The van der Waals surface area contributed by atoms with E-state index in [1.54, 1.807) is 6.07 Å². The van der Waals surface area contributed by atoms with Gasteiger partial charge < -0.3 is 10.0 Å². The molecule has 24 heavy (non-hydrogen) atoms. The van der Waals surface area contributed by atoms with Crippen molar-refractivity contribution in [3.8, 4) is 5.75 Å². The van der Waals surface area contributed by atoms with E-state index < -0.39 is 0 Å². The molecule has 1 saturated heterocycles. The number of halogens is 1. The molecule has 3 atom stereocenters. The third-order valence-corrected chi connectivity index (χ3v) is 6.40. The number of aliphatic imine (C=N–C) groups is 1. The number of fused-ring (bicyclic) bond motifs is 1. The second kappa shape index (κ2) is 6.41. The first-order chi connectivity index (χ1) is 11.7. The zero-order chi connectivity index (χ0) is 16.7. The molecule has 1 fully saturated rings. The molecule has 124 valence electrons. The van der Waals surface area contributed by atoms with E-state index in [4.69, 9.17) is 4.99 Å². The number of thioether (sulfide) groups is 1. The molecule has 4 rings (SSSR count). The van der Waals surface area contributed by atoms with Crippen LogP contribution in [0.5, 0.6) is 5.75 Å². The molecule has 0 amide bonds. The Hall–Kier alpha value is -1.53. The summed E-state index contributed by atoms with van der Waals surface area (Å²) in [4.78, 5) is 12.0. The molecule has 1 N–H and O–H groups in total. The van der Waals surface area contributed by atoms with Gasteiger partial charge in [-0.2, -0.15) is 0 Å². The number of benzene rings is 1. The minimum absolute atomic E-state index is 0.0144. The largest absolute Gasteiger partial charge is 0.507 e. The van der Waals surface area contributed by atoms with Crippen molar-refractivity contribution in [1.82, 2.24) is 9.88 Å². The lowest BCUT2D eigenvalue weighted by Crippen LogP contribution is -2.35. The first kappa shape index (κ1) is 16.0. The summed E-state index contributed by atoms with van der Waals surface area (Å²) in [6.07, 6.45) is 2.92. The fourth-order valence-electron chi connectivity index (χ4n) is 3.42. The second-order valence-corrected chi connectivity index (χ2v) is 7.89. The van der Waals surface area contributed by atoms with Crippen molar-refractivity contribution in [2.75, 3.05) is 5.75 Å². The molecule has 2 aliphatic rings. The predicted molar refractivity (Wildman–Crippen MR) is 101 cm³/mol. The maximum Gasteiger partial charge on any atom is 0.160 e. The standard InChI is InChI=1S/C18H18BrN3OS/c1-2-12-10-24-18-21-16(14-5-3-4-8-20-14)17(22(12)18)11-6-7-15(23)13(19)9-11/h3-9,12,16-17,23H,2,10H2,1H3. The summed E-state index contributed by atoms with van der Waals surface area (Å²) in [5, 5.41) is 11.0. The van der Waals surface area contributed by atoms with Gasteiger partial charge in [-0.05, 0) is 52.2 Å². The molecule has 0 spiro atoms. The third kappa shape index (κ3) is 2.62. The maximum atomic E-state index is 9.85. The van der Waals surface area contributed by atoms with Crippen LogP contribution in [0.4, 0.5) is 0 Å². The molecule has 1 aromatic heterocycles. The molecular formula is C18H18BrN3OS. The van der Waals surface area contributed by atoms with Crippen LogP contribution < -0.4 is 0 Å². The monoisotopic (exact) mass is 403 g/mol. The van der Waals surface area contributed by atoms with E-state index in [2.05, 4.69) is 32.7 Å². The summed E-state index contributed by atoms with van der Waals surface area (Å²) in [5.41, 5.74) is 2.14. The van der Waals surface area contributed by atoms with Gasteiger partial charge in [0.2, 0.25) is 0 Å². The molecule has 4 nitrogen and oxygen atoms in total. The number of amidine groups is 1. The maximum absolute atomic E-state index is 9.85. The lowest BCUT2D eigenvalue weighted by molar-refractivity contribution is 0.255. The Kier molecular flexibility index (Phi) is 4.26. The number of pyridine rings is 1. The fourth-order valence-corrected chi connectivity index (χ4v) is 5.15. The minimum atomic E-state index is -0.0144. The molecule has 2 aliphatic heterocycles. The van der Waals surface area contributed by atoms with E-state index >= 15 is 0 Å². The van der Waals surface area contributed by atoms with E-state index in [9.17, 15) is 5.11 Å². The Morgan fingerprint density at radius 3 is 2.92 bits per heavy atom. The van der Waals surface area contributed by atoms with Gasteiger partial charge >= 0.3 is 0 Å². The van der Waals surface area contributed by atoms with Gasteiger partial charge in [-0.3, -0.25) is 9.98 Å². The normalized spacial score (nSPS) is 25.7. The summed E-state index contributed by atoms with van der Waals surface area (Å²) >= 11 is 5.28. The first-order valence-corrected chi connectivity index (χ1v) is 9.85. The highest BCUT2D eigenvalue weighted by Crippen LogP contribution is 2.49. The van der Waals surface area contributed by atoms with Gasteiger partial charge in [0.05, 0.1) is 16.2 Å². The van der Waals surface area contributed by atoms with E-state index in [-0.39, 0.29) is 17.8 Å². The number of hydrogen-bond acceptors (Lipinski definition) is 5. The van der Waals surface area contributed by atoms with Gasteiger partial charge in [0.15, 0.2) is 5.17 Å². The topological polar surface area (TPSA) is 48.7 Å². The number of aromatic hydroxyl groups is 1. The Labute approximate surface area is 154 Å². The molecule has 0 aliphatic carbocycles. The third-order valence-electron chi connectivity index (χ3n) is 4.64. The van der Waals surface area contributed by atoms with Crippen LogP contribution in [0.2, 0.25) is 0 Å². The van der Waals surface area contributed by atoms with Crippen molar-refractivity contribution in [3.63, 3.8) is 0 Å². The molecule has 0 radical (unpaired) electrons. The van der Waals surface area contributed by atoms with Crippen LogP contribution in [0.15, 0.2) is 52.1 Å². The highest BCUT2D eigenvalue weighted by Gasteiger charge is 2.45. The average molecular weight is 404 g/mol. The SMILES string of the molecule is CCC1CSC2=NC(c3ccccn3)C(c3ccc(O)c(Br)c3)N21. The van der Waals surface area contributed by atoms with Crippen molar-refractivity contribution in [2.24, 2.45) is 4.99 Å². The number of rotatable bonds is 3. The fraction of sp³-hybridized carbons (Fsp3) is 0.333. The predicted octanol–water partition coefficient (Wildman–Crippen LogP) is 4.53. The van der Waals surface area contributed by atoms with Gasteiger partial charge in [0, 0.05) is 18.0 Å². The van der Waals surface area contributed by atoms with Crippen LogP contribution in [-0.4, -0.2) is 32.0 Å². The van der Waals surface area contributed by atoms with E-state index in [0.29, 0.717) is 10.5 Å². The van der Waals surface area contributed by atoms with Crippen molar-refractivity contribution < 1.29 is 5.11 Å². The van der Waals surface area contributed by atoms with E-state index in [1.807, 2.05) is 48.3 Å². The van der Waals surface area contributed by atoms with Gasteiger partial charge in [-0.25, -0.2) is 0 Å². The van der Waals surface area contributed by atoms with Crippen LogP contribution in [0.3, 0.4) is 0 Å². The van der Waals surface area contributed by atoms with Crippen LogP contribution in [0.1, 0.15) is 36.7 Å². The summed E-state index contributed by atoms with van der Waals surface area (Å²) in [5.74, 6) is 1.34. The smallest absolute Gasteiger partial charge is 0.160 e. The van der Waals surface area contributed by atoms with Crippen LogP contribution >= 0.6 is 27.7 Å². The van der Waals surface area contributed by atoms with Gasteiger partial charge in [0.1, 0.15) is 11.8 Å². The minimum Gasteiger partial charge on any atom is -0.507 e. The molecule has 1 aromatic carbocycles. The molecular weight excluding hydrogens is 386 g/mol. The number of nitrogens with zero attached hydrogens (tertiary/aromatic N) is 3. The Morgan fingerprint density at radius 1 is 1.33 bits per heavy atom. The summed E-state index contributed by atoms with van der Waals surface area (Å²) < 4.78 is 0.716. The van der Waals surface area contributed by atoms with Crippen molar-refractivity contribution in [3.05, 3.63) is 58.3 Å². The number of phenols is 1. The molecule has 2 aromatic rings.